The van der Waals surface area contributed by atoms with Crippen LogP contribution in [0.2, 0.25) is 0 Å². The quantitative estimate of drug-likeness (QED) is 0.669. The Morgan fingerprint density at radius 2 is 1.89 bits per heavy atom. The number of benzene rings is 1. The molecule has 28 heavy (non-hydrogen) atoms. The number of nitrogens with zero attached hydrogens (tertiary/aromatic N) is 3. The lowest BCUT2D eigenvalue weighted by molar-refractivity contribution is 0.0651. The fourth-order valence-electron chi connectivity index (χ4n) is 3.65. The molecule has 1 aromatic carbocycles. The molecule has 0 spiro atoms. The largest absolute Gasteiger partial charge is 0.497 e. The van der Waals surface area contributed by atoms with Crippen LogP contribution in [0.15, 0.2) is 59.4 Å². The second kappa shape index (κ2) is 8.25. The lowest BCUT2D eigenvalue weighted by Gasteiger charge is -2.28. The third-order valence-electron chi connectivity index (χ3n) is 5.18. The highest BCUT2D eigenvalue weighted by Gasteiger charge is 2.30. The lowest BCUT2D eigenvalue weighted by Crippen LogP contribution is -2.34. The number of likely N-dealkylation sites (tertiary alicyclic amines) is 1. The number of aromatic nitrogens is 2. The molecule has 2 aromatic heterocycles. The standard InChI is InChI=1S/C22H23N3O3/c1-27-18-8-6-16(7-9-18)19-15-21(28-24-19)20-5-3-2-4-14-25(20)22(26)17-10-12-23-13-11-17/h6-13,15,20H,2-5,14H2,1H3. The van der Waals surface area contributed by atoms with Gasteiger partial charge in [-0.25, -0.2) is 0 Å². The van der Waals surface area contributed by atoms with Crippen molar-refractivity contribution in [2.45, 2.75) is 31.7 Å². The summed E-state index contributed by atoms with van der Waals surface area (Å²) in [5, 5.41) is 4.25. The fraction of sp³-hybridized carbons (Fsp3) is 0.318. The van der Waals surface area contributed by atoms with Crippen LogP contribution in [-0.2, 0) is 0 Å². The van der Waals surface area contributed by atoms with Gasteiger partial charge >= 0.3 is 0 Å². The Balaban J connectivity index is 1.61. The van der Waals surface area contributed by atoms with Gasteiger partial charge in [-0.05, 0) is 49.2 Å². The summed E-state index contributed by atoms with van der Waals surface area (Å²) >= 11 is 0. The fourth-order valence-corrected chi connectivity index (χ4v) is 3.65. The molecule has 4 rings (SSSR count). The van der Waals surface area contributed by atoms with Crippen LogP contribution < -0.4 is 4.74 Å². The van der Waals surface area contributed by atoms with Crippen LogP contribution in [-0.4, -0.2) is 34.6 Å². The van der Waals surface area contributed by atoms with E-state index in [1.807, 2.05) is 35.2 Å². The van der Waals surface area contributed by atoms with Gasteiger partial charge in [0.05, 0.1) is 13.2 Å². The van der Waals surface area contributed by atoms with Gasteiger partial charge < -0.3 is 14.2 Å². The van der Waals surface area contributed by atoms with Crippen molar-refractivity contribution in [3.05, 3.63) is 66.2 Å². The molecule has 6 nitrogen and oxygen atoms in total. The molecule has 1 atom stereocenters. The smallest absolute Gasteiger partial charge is 0.254 e. The molecule has 144 valence electrons. The molecule has 0 radical (unpaired) electrons. The number of amides is 1. The van der Waals surface area contributed by atoms with Crippen molar-refractivity contribution >= 4 is 5.91 Å². The number of carbonyl (C=O) groups excluding carboxylic acids is 1. The monoisotopic (exact) mass is 377 g/mol. The molecule has 3 aromatic rings. The zero-order valence-electron chi connectivity index (χ0n) is 15.9. The van der Waals surface area contributed by atoms with Gasteiger partial charge in [0, 0.05) is 36.1 Å². The molecule has 3 heterocycles. The Labute approximate surface area is 164 Å². The first kappa shape index (κ1) is 18.2. The number of rotatable bonds is 4. The number of methoxy groups -OCH3 is 1. The molecule has 0 aliphatic carbocycles. The molecule has 0 bridgehead atoms. The van der Waals surface area contributed by atoms with Gasteiger partial charge in [-0.2, -0.15) is 0 Å². The summed E-state index contributed by atoms with van der Waals surface area (Å²) in [4.78, 5) is 19.0. The van der Waals surface area contributed by atoms with Gasteiger partial charge in [0.1, 0.15) is 11.4 Å². The summed E-state index contributed by atoms with van der Waals surface area (Å²) in [5.74, 6) is 1.54. The van der Waals surface area contributed by atoms with E-state index in [4.69, 9.17) is 9.26 Å². The highest BCUT2D eigenvalue weighted by Crippen LogP contribution is 2.33. The Morgan fingerprint density at radius 1 is 1.11 bits per heavy atom. The van der Waals surface area contributed by atoms with Gasteiger partial charge in [-0.15, -0.1) is 0 Å². The van der Waals surface area contributed by atoms with E-state index in [0.717, 1.165) is 48.5 Å². The SMILES string of the molecule is COc1ccc(-c2cc(C3CCCCCN3C(=O)c3ccncc3)on2)cc1. The summed E-state index contributed by atoms with van der Waals surface area (Å²) in [6.07, 6.45) is 7.33. The van der Waals surface area contributed by atoms with Crippen LogP contribution >= 0.6 is 0 Å². The van der Waals surface area contributed by atoms with Crippen LogP contribution in [0.1, 0.15) is 47.8 Å². The average molecular weight is 377 g/mol. The Bertz CT molecular complexity index is 922. The number of ether oxygens (including phenoxy) is 1. The zero-order valence-corrected chi connectivity index (χ0v) is 15.9. The number of hydrogen-bond acceptors (Lipinski definition) is 5. The van der Waals surface area contributed by atoms with Crippen molar-refractivity contribution in [3.8, 4) is 17.0 Å². The predicted octanol–water partition coefficient (Wildman–Crippen LogP) is 4.50. The average Bonchev–Trinajstić information content (AvgIpc) is 3.12. The highest BCUT2D eigenvalue weighted by molar-refractivity contribution is 5.94. The molecule has 0 N–H and O–H groups in total. The molecule has 1 fully saturated rings. The molecule has 1 aliphatic rings. The minimum atomic E-state index is -0.109. The summed E-state index contributed by atoms with van der Waals surface area (Å²) in [5.41, 5.74) is 2.37. The van der Waals surface area contributed by atoms with E-state index in [0.29, 0.717) is 12.1 Å². The Kier molecular flexibility index (Phi) is 5.37. The van der Waals surface area contributed by atoms with Crippen molar-refractivity contribution in [2.24, 2.45) is 0 Å². The van der Waals surface area contributed by atoms with Crippen molar-refractivity contribution in [2.75, 3.05) is 13.7 Å². The second-order valence-electron chi connectivity index (χ2n) is 6.94. The summed E-state index contributed by atoms with van der Waals surface area (Å²) < 4.78 is 10.9. The van der Waals surface area contributed by atoms with Crippen LogP contribution in [0.5, 0.6) is 5.75 Å². The van der Waals surface area contributed by atoms with E-state index in [-0.39, 0.29) is 11.9 Å². The van der Waals surface area contributed by atoms with Crippen molar-refractivity contribution in [3.63, 3.8) is 0 Å². The molecule has 0 saturated carbocycles. The van der Waals surface area contributed by atoms with Gasteiger partial charge in [0.2, 0.25) is 0 Å². The lowest BCUT2D eigenvalue weighted by atomic mass is 10.0. The van der Waals surface area contributed by atoms with E-state index in [1.54, 1.807) is 31.6 Å². The molecule has 1 unspecified atom stereocenters. The number of carbonyl (C=O) groups is 1. The minimum Gasteiger partial charge on any atom is -0.497 e. The highest BCUT2D eigenvalue weighted by atomic mass is 16.5. The maximum absolute atomic E-state index is 13.1. The maximum Gasteiger partial charge on any atom is 0.254 e. The molecule has 1 saturated heterocycles. The van der Waals surface area contributed by atoms with Crippen LogP contribution in [0, 0.1) is 0 Å². The van der Waals surface area contributed by atoms with Crippen molar-refractivity contribution in [1.82, 2.24) is 15.0 Å². The summed E-state index contributed by atoms with van der Waals surface area (Å²) in [7, 11) is 1.64. The van der Waals surface area contributed by atoms with Crippen LogP contribution in [0.25, 0.3) is 11.3 Å². The van der Waals surface area contributed by atoms with E-state index in [9.17, 15) is 4.79 Å². The first-order valence-electron chi connectivity index (χ1n) is 9.58. The number of pyridine rings is 1. The van der Waals surface area contributed by atoms with E-state index < -0.39 is 0 Å². The molecule has 1 aliphatic heterocycles. The van der Waals surface area contributed by atoms with E-state index >= 15 is 0 Å². The van der Waals surface area contributed by atoms with Crippen LogP contribution in [0.3, 0.4) is 0 Å². The van der Waals surface area contributed by atoms with Crippen molar-refractivity contribution in [1.29, 1.82) is 0 Å². The normalized spacial score (nSPS) is 17.2. The topological polar surface area (TPSA) is 68.5 Å². The summed E-state index contributed by atoms with van der Waals surface area (Å²) in [6, 6.07) is 13.1. The molecule has 1 amide bonds. The van der Waals surface area contributed by atoms with E-state index in [2.05, 4.69) is 10.1 Å². The van der Waals surface area contributed by atoms with Crippen molar-refractivity contribution < 1.29 is 14.1 Å². The Hall–Kier alpha value is -3.15. The predicted molar refractivity (Wildman–Crippen MR) is 105 cm³/mol. The molecule has 6 heteroatoms. The maximum atomic E-state index is 13.1. The van der Waals surface area contributed by atoms with Gasteiger partial charge in [0.15, 0.2) is 5.76 Å². The van der Waals surface area contributed by atoms with E-state index in [1.165, 1.54) is 0 Å². The third-order valence-corrected chi connectivity index (χ3v) is 5.18. The Morgan fingerprint density at radius 3 is 2.64 bits per heavy atom. The molecular formula is C22H23N3O3. The zero-order chi connectivity index (χ0) is 19.3. The first-order chi connectivity index (χ1) is 13.8. The minimum absolute atomic E-state index is 0.0108. The molecular weight excluding hydrogens is 354 g/mol. The second-order valence-corrected chi connectivity index (χ2v) is 6.94. The summed E-state index contributed by atoms with van der Waals surface area (Å²) in [6.45, 7) is 0.713. The first-order valence-corrected chi connectivity index (χ1v) is 9.58. The van der Waals surface area contributed by atoms with Gasteiger partial charge in [0.25, 0.3) is 5.91 Å². The third kappa shape index (κ3) is 3.76. The van der Waals surface area contributed by atoms with Gasteiger partial charge in [-0.1, -0.05) is 18.0 Å². The van der Waals surface area contributed by atoms with Crippen LogP contribution in [0.4, 0.5) is 0 Å². The van der Waals surface area contributed by atoms with Gasteiger partial charge in [-0.3, -0.25) is 9.78 Å². The number of hydrogen-bond donors (Lipinski definition) is 0.